The van der Waals surface area contributed by atoms with E-state index in [1.54, 1.807) is 33.9 Å². The number of carbonyl (C=O) groups is 1. The lowest BCUT2D eigenvalue weighted by Gasteiger charge is -2.32. The Kier molecular flexibility index (Phi) is 18.4. The number of nitrogens with one attached hydrogen (secondary N) is 5. The molecular formula is C34H49F3N8O17P2S+2. The number of aliphatic hydroxyl groups excluding tert-OH is 5. The molecule has 1 amide bonds. The fraction of sp³-hybridized carbons (Fsp3) is 0.618. The summed E-state index contributed by atoms with van der Waals surface area (Å²) >= 11 is 0. The topological polar surface area (TPSA) is 371 Å². The van der Waals surface area contributed by atoms with Crippen LogP contribution >= 0.6 is 16.1 Å². The Morgan fingerprint density at radius 1 is 0.815 bits per heavy atom. The highest BCUT2D eigenvalue weighted by atomic mass is 32.2. The number of hydrogen-bond acceptors (Lipinski definition) is 20. The average molecular weight is 993 g/mol. The van der Waals surface area contributed by atoms with Gasteiger partial charge in [-0.15, -0.1) is 9.05 Å². The van der Waals surface area contributed by atoms with Crippen molar-refractivity contribution in [3.8, 4) is 0 Å². The van der Waals surface area contributed by atoms with E-state index in [1.165, 1.54) is 25.8 Å². The SMILES string of the molecule is CC(C)(C)OC(=O)N1[C@H](CO)[C@@H](O)[C@@H](O)[C@@H]1c1c[nH]c2c(=O)[nH]cnc12.CCO[P+](=O)COC[C@H]1N[C@@H](c2c[nH]c3c(=O)[nH]cnc23)[C@H](O)[C@@H]1O.CCO[P+](=O)COS(=O)(=O)C(F)(F)F. The van der Waals surface area contributed by atoms with Crippen molar-refractivity contribution in [2.24, 2.45) is 0 Å². The molecule has 10 atom stereocenters. The molecule has 362 valence electrons. The normalized spacial score (nSPS) is 24.0. The molecule has 0 saturated carbocycles. The number of H-pyrrole nitrogens is 4. The number of aromatic amines is 4. The van der Waals surface area contributed by atoms with Gasteiger partial charge in [0.15, 0.2) is 0 Å². The van der Waals surface area contributed by atoms with Crippen molar-refractivity contribution < 1.29 is 83.8 Å². The third kappa shape index (κ3) is 13.0. The highest BCUT2D eigenvalue weighted by Crippen LogP contribution is 2.40. The lowest BCUT2D eigenvalue weighted by molar-refractivity contribution is -0.0531. The number of aliphatic hydroxyl groups is 5. The Bertz CT molecular complexity index is 2500. The van der Waals surface area contributed by atoms with Crippen molar-refractivity contribution in [1.82, 2.24) is 40.1 Å². The van der Waals surface area contributed by atoms with Gasteiger partial charge in [-0.3, -0.25) is 14.5 Å². The molecule has 0 spiro atoms. The van der Waals surface area contributed by atoms with Crippen molar-refractivity contribution in [3.05, 3.63) is 56.9 Å². The minimum atomic E-state index is -5.67. The van der Waals surface area contributed by atoms with Gasteiger partial charge in [-0.2, -0.15) is 21.6 Å². The van der Waals surface area contributed by atoms with Gasteiger partial charge in [-0.05, 0) is 43.7 Å². The van der Waals surface area contributed by atoms with Gasteiger partial charge < -0.3 is 60.3 Å². The molecule has 25 nitrogen and oxygen atoms in total. The first-order chi connectivity index (χ1) is 30.4. The fourth-order valence-corrected chi connectivity index (χ4v) is 8.54. The number of halogens is 3. The van der Waals surface area contributed by atoms with Gasteiger partial charge in [-0.1, -0.05) is 0 Å². The van der Waals surface area contributed by atoms with Crippen molar-refractivity contribution in [2.45, 2.75) is 94.3 Å². The molecule has 2 fully saturated rings. The summed E-state index contributed by atoms with van der Waals surface area (Å²) in [5.41, 5.74) is -4.94. The predicted molar refractivity (Wildman–Crippen MR) is 219 cm³/mol. The van der Waals surface area contributed by atoms with E-state index in [0.29, 0.717) is 28.8 Å². The first kappa shape index (κ1) is 53.3. The average Bonchev–Trinajstić information content (AvgIpc) is 3.98. The number of hydrogen-bond donors (Lipinski definition) is 10. The number of fused-ring (bicyclic) bond motifs is 2. The maximum Gasteiger partial charge on any atom is 0.538 e. The smallest absolute Gasteiger partial charge is 0.444 e. The van der Waals surface area contributed by atoms with Crippen molar-refractivity contribution in [2.75, 3.05) is 39.1 Å². The predicted octanol–water partition coefficient (Wildman–Crippen LogP) is 0.954. The van der Waals surface area contributed by atoms with E-state index in [-0.39, 0.29) is 36.2 Å². The Morgan fingerprint density at radius 3 is 1.85 bits per heavy atom. The molecule has 31 heteroatoms. The molecular weight excluding hydrogens is 943 g/mol. The van der Waals surface area contributed by atoms with Crippen LogP contribution < -0.4 is 16.4 Å². The fourth-order valence-electron chi connectivity index (χ4n) is 6.53. The number of aromatic nitrogens is 6. The third-order valence-corrected chi connectivity index (χ3v) is 12.3. The molecule has 65 heavy (non-hydrogen) atoms. The van der Waals surface area contributed by atoms with Gasteiger partial charge in [0.25, 0.3) is 23.8 Å². The van der Waals surface area contributed by atoms with Gasteiger partial charge >= 0.3 is 37.8 Å². The molecule has 0 bridgehead atoms. The first-order valence-electron chi connectivity index (χ1n) is 19.3. The maximum absolute atomic E-state index is 12.7. The van der Waals surface area contributed by atoms with E-state index in [4.69, 9.17) is 14.0 Å². The Labute approximate surface area is 367 Å². The van der Waals surface area contributed by atoms with E-state index in [1.807, 2.05) is 0 Å². The quantitative estimate of drug-likeness (QED) is 0.0478. The molecule has 0 radical (unpaired) electrons. The molecule has 6 heterocycles. The van der Waals surface area contributed by atoms with Gasteiger partial charge in [0.05, 0.1) is 69.4 Å². The highest BCUT2D eigenvalue weighted by Gasteiger charge is 2.53. The zero-order valence-corrected chi connectivity index (χ0v) is 37.7. The summed E-state index contributed by atoms with van der Waals surface area (Å²) in [5, 5.41) is 54.1. The minimum absolute atomic E-state index is 0.00930. The summed E-state index contributed by atoms with van der Waals surface area (Å²) in [7, 11) is -10.1. The lowest BCUT2D eigenvalue weighted by atomic mass is 10.0. The molecule has 4 aromatic heterocycles. The Balaban J connectivity index is 0.000000224. The molecule has 2 saturated heterocycles. The zero-order chi connectivity index (χ0) is 48.6. The number of nitrogens with zero attached hydrogens (tertiary/aromatic N) is 3. The van der Waals surface area contributed by atoms with Gasteiger partial charge in [0.2, 0.25) is 0 Å². The second-order valence-corrected chi connectivity index (χ2v) is 18.8. The van der Waals surface area contributed by atoms with Gasteiger partial charge in [0, 0.05) is 23.5 Å². The van der Waals surface area contributed by atoms with Crippen LogP contribution in [0.1, 0.15) is 57.8 Å². The van der Waals surface area contributed by atoms with Crippen LogP contribution in [-0.2, 0) is 42.0 Å². The summed E-state index contributed by atoms with van der Waals surface area (Å²) < 4.78 is 101. The summed E-state index contributed by atoms with van der Waals surface area (Å²) in [6.45, 7) is 8.05. The highest BCUT2D eigenvalue weighted by molar-refractivity contribution is 7.87. The molecule has 0 aromatic carbocycles. The largest absolute Gasteiger partial charge is 0.538 e. The molecule has 6 rings (SSSR count). The number of likely N-dealkylation sites (tertiary alicyclic amines) is 1. The first-order valence-corrected chi connectivity index (χ1v) is 23.4. The lowest BCUT2D eigenvalue weighted by Crippen LogP contribution is -2.45. The van der Waals surface area contributed by atoms with Crippen molar-refractivity contribution in [3.63, 3.8) is 0 Å². The third-order valence-electron chi connectivity index (χ3n) is 9.30. The monoisotopic (exact) mass is 992 g/mol. The van der Waals surface area contributed by atoms with Crippen LogP contribution in [0.4, 0.5) is 18.0 Å². The van der Waals surface area contributed by atoms with Crippen molar-refractivity contribution in [1.29, 1.82) is 0 Å². The number of rotatable bonds is 14. The maximum atomic E-state index is 12.7. The summed E-state index contributed by atoms with van der Waals surface area (Å²) in [5.74, 6) is 0. The summed E-state index contributed by atoms with van der Waals surface area (Å²) in [6.07, 6.45) is -1.45. The van der Waals surface area contributed by atoms with Crippen LogP contribution in [0.3, 0.4) is 0 Å². The second-order valence-electron chi connectivity index (χ2n) is 14.8. The molecule has 10 N–H and O–H groups in total. The van der Waals surface area contributed by atoms with Crippen LogP contribution in [0.25, 0.3) is 22.1 Å². The molecule has 2 aliphatic heterocycles. The summed E-state index contributed by atoms with van der Waals surface area (Å²) in [6, 6.07) is -3.28. The van der Waals surface area contributed by atoms with Crippen LogP contribution in [0, 0.1) is 0 Å². The minimum Gasteiger partial charge on any atom is -0.444 e. The second kappa shape index (κ2) is 22.4. The molecule has 2 unspecified atom stereocenters. The van der Waals surface area contributed by atoms with E-state index in [2.05, 4.69) is 43.9 Å². The van der Waals surface area contributed by atoms with Gasteiger partial charge in [-0.25, -0.2) is 18.9 Å². The van der Waals surface area contributed by atoms with Crippen LogP contribution in [0.5, 0.6) is 0 Å². The van der Waals surface area contributed by atoms with Crippen molar-refractivity contribution >= 4 is 54.3 Å². The Hall–Kier alpha value is -4.35. The van der Waals surface area contributed by atoms with E-state index in [9.17, 15) is 70.6 Å². The van der Waals surface area contributed by atoms with E-state index >= 15 is 0 Å². The van der Waals surface area contributed by atoms with Crippen LogP contribution in [0.2, 0.25) is 0 Å². The summed E-state index contributed by atoms with van der Waals surface area (Å²) in [4.78, 5) is 56.2. The van der Waals surface area contributed by atoms with Crippen LogP contribution in [0.15, 0.2) is 34.6 Å². The Morgan fingerprint density at radius 2 is 1.34 bits per heavy atom. The number of alkyl halides is 3. The van der Waals surface area contributed by atoms with E-state index in [0.717, 1.165) is 4.90 Å². The standard InChI is InChI=1S/C16H22N4O6.C14H19N4O6P.C4H7F3O5PS/c1-16(2,3)26-15(25)20-8(5-21)12(22)13(23)11(20)7-4-17-10-9(7)18-6-19-14(10)24;1-2-24-25(22)6-23-4-8-12(19)13(20)10(18-8)7-3-15-11-9(7)16-5-17-14(11)21;1-2-11-13(8)3-12-14(9,10)4(5,6)7/h4,6,8,11-13,17,21-23H,5H2,1-3H3,(H,18,19,24);3,5,8,10,12-13,18-20H,2,4,6H2,1H3,(H-,15,16,17,21);2-3H2,1H3/q;;+1/p+1/t8-,11+,12-,13+;8-,10+,12-,13+;/m11./s1. The zero-order valence-electron chi connectivity index (χ0n) is 35.1. The molecule has 2 aliphatic rings. The van der Waals surface area contributed by atoms with E-state index < -0.39 is 110 Å². The molecule has 0 aliphatic carbocycles. The van der Waals surface area contributed by atoms with Crippen LogP contribution in [-0.4, -0.2) is 162 Å². The number of ether oxygens (including phenoxy) is 2. The number of carbonyl (C=O) groups excluding carboxylic acids is 1. The molecule has 4 aromatic rings. The number of amides is 1. The van der Waals surface area contributed by atoms with Gasteiger partial charge in [0.1, 0.15) is 46.0 Å².